The quantitative estimate of drug-likeness (QED) is 0.619. The molecule has 0 aliphatic heterocycles. The van der Waals surface area contributed by atoms with Crippen LogP contribution in [0.4, 0.5) is 0 Å². The van der Waals surface area contributed by atoms with Gasteiger partial charge in [0.25, 0.3) is 0 Å². The van der Waals surface area contributed by atoms with Crippen LogP contribution in [-0.4, -0.2) is 22.4 Å². The molecule has 3 nitrogen and oxygen atoms in total. The van der Waals surface area contributed by atoms with Crippen LogP contribution >= 0.6 is 28.1 Å². The molecule has 16 heavy (non-hydrogen) atoms. The van der Waals surface area contributed by atoms with Crippen LogP contribution in [-0.2, 0) is 16.0 Å². The van der Waals surface area contributed by atoms with Gasteiger partial charge >= 0.3 is 5.97 Å². The third-order valence-electron chi connectivity index (χ3n) is 1.81. The minimum atomic E-state index is -0.274. The molecule has 0 aliphatic rings. The van der Waals surface area contributed by atoms with Crippen molar-refractivity contribution in [2.24, 2.45) is 0 Å². The van der Waals surface area contributed by atoms with Crippen LogP contribution in [0.5, 0.6) is 0 Å². The maximum atomic E-state index is 11.2. The number of carbonyl (C=O) groups is 1. The molecule has 0 saturated heterocycles. The Hall–Kier alpha value is -0.810. The molecule has 0 fully saturated rings. The van der Waals surface area contributed by atoms with Crippen LogP contribution in [0.2, 0.25) is 0 Å². The molecular formula is C11H12BrNO2S. The fourth-order valence-electron chi connectivity index (χ4n) is 1.15. The van der Waals surface area contributed by atoms with E-state index >= 15 is 0 Å². The van der Waals surface area contributed by atoms with E-state index < -0.39 is 0 Å². The molecule has 0 unspecified atom stereocenters. The van der Waals surface area contributed by atoms with Gasteiger partial charge in [0.05, 0.1) is 13.0 Å². The summed E-state index contributed by atoms with van der Waals surface area (Å²) in [5.74, 6) is -0.274. The Morgan fingerprint density at radius 1 is 1.56 bits per heavy atom. The zero-order chi connectivity index (χ0) is 12.0. The Kier molecular flexibility index (Phi) is 5.55. The standard InChI is InChI=1S/C11H12BrNO2S/c1-2-15-11(14)6-10(16)5-9-4-3-8(12)7-13-9/h3-4,7H,2,5-6H2,1H3. The van der Waals surface area contributed by atoms with Crippen molar-refractivity contribution in [2.75, 3.05) is 6.61 Å². The maximum absolute atomic E-state index is 11.2. The summed E-state index contributed by atoms with van der Waals surface area (Å²) in [6, 6.07) is 3.77. The Morgan fingerprint density at radius 3 is 2.88 bits per heavy atom. The van der Waals surface area contributed by atoms with E-state index in [1.807, 2.05) is 12.1 Å². The number of esters is 1. The molecule has 1 heterocycles. The first-order chi connectivity index (χ1) is 7.61. The van der Waals surface area contributed by atoms with Crippen molar-refractivity contribution in [3.63, 3.8) is 0 Å². The second kappa shape index (κ2) is 6.70. The van der Waals surface area contributed by atoms with Gasteiger partial charge in [-0.3, -0.25) is 9.78 Å². The van der Waals surface area contributed by atoms with Gasteiger partial charge in [0.1, 0.15) is 0 Å². The van der Waals surface area contributed by atoms with Gasteiger partial charge in [0.15, 0.2) is 0 Å². The zero-order valence-corrected chi connectivity index (χ0v) is 11.3. The van der Waals surface area contributed by atoms with Crippen molar-refractivity contribution in [1.29, 1.82) is 0 Å². The molecule has 0 aliphatic carbocycles. The highest BCUT2D eigenvalue weighted by Gasteiger charge is 2.07. The highest BCUT2D eigenvalue weighted by molar-refractivity contribution is 9.10. The largest absolute Gasteiger partial charge is 0.466 e. The molecule has 0 atom stereocenters. The molecule has 0 N–H and O–H groups in total. The number of rotatable bonds is 5. The van der Waals surface area contributed by atoms with E-state index in [4.69, 9.17) is 17.0 Å². The maximum Gasteiger partial charge on any atom is 0.310 e. The number of halogens is 1. The van der Waals surface area contributed by atoms with Crippen molar-refractivity contribution in [1.82, 2.24) is 4.98 Å². The predicted molar refractivity (Wildman–Crippen MR) is 69.5 cm³/mol. The Bertz CT molecular complexity index is 378. The summed E-state index contributed by atoms with van der Waals surface area (Å²) in [6.07, 6.45) is 2.42. The molecule has 0 radical (unpaired) electrons. The summed E-state index contributed by atoms with van der Waals surface area (Å²) in [7, 11) is 0. The van der Waals surface area contributed by atoms with E-state index in [0.29, 0.717) is 17.9 Å². The van der Waals surface area contributed by atoms with E-state index in [-0.39, 0.29) is 12.4 Å². The number of pyridine rings is 1. The summed E-state index contributed by atoms with van der Waals surface area (Å²) in [5.41, 5.74) is 0.859. The molecule has 86 valence electrons. The number of aromatic nitrogens is 1. The molecule has 0 aromatic carbocycles. The number of thiocarbonyl (C=S) groups is 1. The molecule has 1 aromatic heterocycles. The lowest BCUT2D eigenvalue weighted by atomic mass is 10.2. The number of hydrogen-bond acceptors (Lipinski definition) is 4. The predicted octanol–water partition coefficient (Wildman–Crippen LogP) is 2.71. The van der Waals surface area contributed by atoms with Crippen molar-refractivity contribution in [3.8, 4) is 0 Å². The van der Waals surface area contributed by atoms with Crippen LogP contribution < -0.4 is 0 Å². The number of carbonyl (C=O) groups excluding carboxylic acids is 1. The van der Waals surface area contributed by atoms with Crippen LogP contribution in [0.15, 0.2) is 22.8 Å². The lowest BCUT2D eigenvalue weighted by Gasteiger charge is -2.03. The average Bonchev–Trinajstić information content (AvgIpc) is 2.21. The second-order valence-electron chi connectivity index (χ2n) is 3.17. The smallest absolute Gasteiger partial charge is 0.310 e. The Labute approximate surface area is 108 Å². The highest BCUT2D eigenvalue weighted by Crippen LogP contribution is 2.09. The molecule has 0 spiro atoms. The average molecular weight is 302 g/mol. The molecule has 0 amide bonds. The van der Waals surface area contributed by atoms with Crippen LogP contribution in [0.25, 0.3) is 0 Å². The first-order valence-electron chi connectivity index (χ1n) is 4.89. The summed E-state index contributed by atoms with van der Waals surface area (Å²) in [5, 5.41) is 0. The van der Waals surface area contributed by atoms with Gasteiger partial charge < -0.3 is 4.74 Å². The summed E-state index contributed by atoms with van der Waals surface area (Å²) in [6.45, 7) is 2.16. The van der Waals surface area contributed by atoms with Crippen LogP contribution in [0.1, 0.15) is 19.0 Å². The second-order valence-corrected chi connectivity index (χ2v) is 4.66. The SMILES string of the molecule is CCOC(=O)CC(=S)Cc1ccc(Br)cn1. The summed E-state index contributed by atoms with van der Waals surface area (Å²) >= 11 is 8.41. The van der Waals surface area contributed by atoms with E-state index in [0.717, 1.165) is 10.2 Å². The highest BCUT2D eigenvalue weighted by atomic mass is 79.9. The normalized spacial score (nSPS) is 9.88. The monoisotopic (exact) mass is 301 g/mol. The van der Waals surface area contributed by atoms with Crippen molar-refractivity contribution < 1.29 is 9.53 Å². The molecule has 0 bridgehead atoms. The molecular weight excluding hydrogens is 290 g/mol. The van der Waals surface area contributed by atoms with Gasteiger partial charge in [-0.1, -0.05) is 12.2 Å². The van der Waals surface area contributed by atoms with Crippen LogP contribution in [0.3, 0.4) is 0 Å². The Balaban J connectivity index is 2.45. The van der Waals surface area contributed by atoms with Crippen molar-refractivity contribution in [3.05, 3.63) is 28.5 Å². The molecule has 1 aromatic rings. The van der Waals surface area contributed by atoms with Crippen LogP contribution in [0, 0.1) is 0 Å². The van der Waals surface area contributed by atoms with Gasteiger partial charge in [0.2, 0.25) is 0 Å². The van der Waals surface area contributed by atoms with Gasteiger partial charge in [-0.25, -0.2) is 0 Å². The topological polar surface area (TPSA) is 39.2 Å². The lowest BCUT2D eigenvalue weighted by Crippen LogP contribution is -2.12. The molecule has 5 heteroatoms. The number of ether oxygens (including phenoxy) is 1. The van der Waals surface area contributed by atoms with E-state index in [9.17, 15) is 4.79 Å². The minimum absolute atomic E-state index is 0.181. The van der Waals surface area contributed by atoms with E-state index in [1.54, 1.807) is 13.1 Å². The lowest BCUT2D eigenvalue weighted by molar-refractivity contribution is -0.141. The van der Waals surface area contributed by atoms with E-state index in [1.165, 1.54) is 0 Å². The van der Waals surface area contributed by atoms with Crippen molar-refractivity contribution >= 4 is 39.0 Å². The van der Waals surface area contributed by atoms with Gasteiger partial charge in [0, 0.05) is 27.6 Å². The Morgan fingerprint density at radius 2 is 2.31 bits per heavy atom. The van der Waals surface area contributed by atoms with E-state index in [2.05, 4.69) is 20.9 Å². The molecule has 1 rings (SSSR count). The zero-order valence-electron chi connectivity index (χ0n) is 8.90. The number of nitrogens with zero attached hydrogens (tertiary/aromatic N) is 1. The third-order valence-corrected chi connectivity index (χ3v) is 2.57. The molecule has 0 saturated carbocycles. The van der Waals surface area contributed by atoms with Gasteiger partial charge in [-0.05, 0) is 35.0 Å². The van der Waals surface area contributed by atoms with Gasteiger partial charge in [-0.2, -0.15) is 0 Å². The third kappa shape index (κ3) is 4.81. The van der Waals surface area contributed by atoms with Crippen molar-refractivity contribution in [2.45, 2.75) is 19.8 Å². The summed E-state index contributed by atoms with van der Waals surface area (Å²) in [4.78, 5) is 16.0. The fourth-order valence-corrected chi connectivity index (χ4v) is 1.65. The minimum Gasteiger partial charge on any atom is -0.466 e. The van der Waals surface area contributed by atoms with Gasteiger partial charge in [-0.15, -0.1) is 0 Å². The number of hydrogen-bond donors (Lipinski definition) is 0. The first kappa shape index (κ1) is 13.3. The summed E-state index contributed by atoms with van der Waals surface area (Å²) < 4.78 is 5.74. The fraction of sp³-hybridized carbons (Fsp3) is 0.364. The first-order valence-corrected chi connectivity index (χ1v) is 6.09.